The maximum atomic E-state index is 12.9. The minimum Gasteiger partial charge on any atom is -0.465 e. The summed E-state index contributed by atoms with van der Waals surface area (Å²) in [7, 11) is 1.30. The number of esters is 1. The SMILES string of the molecule is CCOC(=O)N1CCc2c(sc(NC(=O)c3ccc(Oc4ccccc4)cc3)c2C(=O)OC)C1. The van der Waals surface area contributed by atoms with Crippen LogP contribution in [-0.2, 0) is 22.4 Å². The molecular formula is C25H24N2O6S. The molecule has 0 saturated heterocycles. The lowest BCUT2D eigenvalue weighted by molar-refractivity contribution is 0.0600. The molecule has 3 aromatic rings. The van der Waals surface area contributed by atoms with Crippen molar-refractivity contribution in [1.82, 2.24) is 4.90 Å². The van der Waals surface area contributed by atoms with E-state index in [9.17, 15) is 14.4 Å². The Labute approximate surface area is 201 Å². The molecule has 0 radical (unpaired) electrons. The van der Waals surface area contributed by atoms with Crippen LogP contribution in [0.25, 0.3) is 0 Å². The summed E-state index contributed by atoms with van der Waals surface area (Å²) in [5.74, 6) is 0.411. The molecule has 176 valence electrons. The minimum absolute atomic E-state index is 0.288. The summed E-state index contributed by atoms with van der Waals surface area (Å²) in [6.45, 7) is 2.77. The van der Waals surface area contributed by atoms with Crippen molar-refractivity contribution in [2.75, 3.05) is 25.6 Å². The molecule has 0 saturated carbocycles. The van der Waals surface area contributed by atoms with Crippen LogP contribution in [0.4, 0.5) is 9.80 Å². The molecule has 1 aromatic heterocycles. The molecule has 2 aromatic carbocycles. The van der Waals surface area contributed by atoms with Crippen molar-refractivity contribution in [3.8, 4) is 11.5 Å². The second kappa shape index (κ2) is 10.4. The van der Waals surface area contributed by atoms with Crippen molar-refractivity contribution in [2.45, 2.75) is 19.9 Å². The monoisotopic (exact) mass is 480 g/mol. The molecule has 0 atom stereocenters. The third-order valence-corrected chi connectivity index (χ3v) is 6.43. The number of carbonyl (C=O) groups is 3. The van der Waals surface area contributed by atoms with E-state index in [2.05, 4.69) is 5.32 Å². The number of nitrogens with one attached hydrogen (secondary N) is 1. The number of hydrogen-bond donors (Lipinski definition) is 1. The van der Waals surface area contributed by atoms with Gasteiger partial charge in [0.05, 0.1) is 25.8 Å². The highest BCUT2D eigenvalue weighted by Gasteiger charge is 2.31. The van der Waals surface area contributed by atoms with E-state index in [-0.39, 0.29) is 12.5 Å². The number of carbonyl (C=O) groups excluding carboxylic acids is 3. The topological polar surface area (TPSA) is 94.2 Å². The van der Waals surface area contributed by atoms with Gasteiger partial charge >= 0.3 is 12.1 Å². The van der Waals surface area contributed by atoms with Gasteiger partial charge in [0.2, 0.25) is 0 Å². The van der Waals surface area contributed by atoms with Crippen LogP contribution >= 0.6 is 11.3 Å². The molecule has 0 aliphatic carbocycles. The number of para-hydroxylation sites is 1. The van der Waals surface area contributed by atoms with E-state index in [4.69, 9.17) is 14.2 Å². The first kappa shape index (κ1) is 23.3. The molecule has 0 spiro atoms. The maximum Gasteiger partial charge on any atom is 0.410 e. The van der Waals surface area contributed by atoms with Gasteiger partial charge in [0.25, 0.3) is 5.91 Å². The normalized spacial score (nSPS) is 12.5. The first-order chi connectivity index (χ1) is 16.5. The fourth-order valence-electron chi connectivity index (χ4n) is 3.65. The second-order valence-electron chi connectivity index (χ2n) is 7.46. The van der Waals surface area contributed by atoms with Crippen LogP contribution in [-0.4, -0.2) is 43.1 Å². The summed E-state index contributed by atoms with van der Waals surface area (Å²) in [5.41, 5.74) is 1.54. The van der Waals surface area contributed by atoms with E-state index in [1.807, 2.05) is 30.3 Å². The maximum absolute atomic E-state index is 12.9. The molecule has 0 unspecified atom stereocenters. The number of benzene rings is 2. The Morgan fingerprint density at radius 3 is 2.41 bits per heavy atom. The molecule has 9 heteroatoms. The summed E-state index contributed by atoms with van der Waals surface area (Å²) < 4.78 is 15.8. The average Bonchev–Trinajstić information content (AvgIpc) is 3.21. The summed E-state index contributed by atoms with van der Waals surface area (Å²) in [5, 5.41) is 3.24. The average molecular weight is 481 g/mol. The number of hydrogen-bond acceptors (Lipinski definition) is 7. The molecule has 0 fully saturated rings. The highest BCUT2D eigenvalue weighted by molar-refractivity contribution is 7.17. The van der Waals surface area contributed by atoms with Gasteiger partial charge < -0.3 is 24.4 Å². The lowest BCUT2D eigenvalue weighted by Gasteiger charge is -2.26. The minimum atomic E-state index is -0.524. The summed E-state index contributed by atoms with van der Waals surface area (Å²) >= 11 is 1.27. The first-order valence-corrected chi connectivity index (χ1v) is 11.6. The number of nitrogens with zero attached hydrogens (tertiary/aromatic N) is 1. The third kappa shape index (κ3) is 5.04. The summed E-state index contributed by atoms with van der Waals surface area (Å²) in [6, 6.07) is 16.1. The van der Waals surface area contributed by atoms with Crippen molar-refractivity contribution < 1.29 is 28.6 Å². The number of amides is 2. The number of fused-ring (bicyclic) bond motifs is 1. The van der Waals surface area contributed by atoms with Gasteiger partial charge in [-0.3, -0.25) is 4.79 Å². The van der Waals surface area contributed by atoms with E-state index in [1.54, 1.807) is 36.1 Å². The molecular weight excluding hydrogens is 456 g/mol. The van der Waals surface area contributed by atoms with Crippen LogP contribution in [0.2, 0.25) is 0 Å². The van der Waals surface area contributed by atoms with Crippen molar-refractivity contribution in [2.24, 2.45) is 0 Å². The fraction of sp³-hybridized carbons (Fsp3) is 0.240. The van der Waals surface area contributed by atoms with Crippen LogP contribution in [0.15, 0.2) is 54.6 Å². The Morgan fingerprint density at radius 2 is 1.74 bits per heavy atom. The molecule has 1 aliphatic heterocycles. The number of thiophene rings is 1. The van der Waals surface area contributed by atoms with Gasteiger partial charge in [-0.05, 0) is 55.3 Å². The zero-order valence-corrected chi connectivity index (χ0v) is 19.6. The predicted molar refractivity (Wildman–Crippen MR) is 128 cm³/mol. The van der Waals surface area contributed by atoms with E-state index in [0.29, 0.717) is 47.1 Å². The van der Waals surface area contributed by atoms with Crippen molar-refractivity contribution in [3.05, 3.63) is 76.2 Å². The second-order valence-corrected chi connectivity index (χ2v) is 8.57. The quantitative estimate of drug-likeness (QED) is 0.494. The Morgan fingerprint density at radius 1 is 1.03 bits per heavy atom. The van der Waals surface area contributed by atoms with E-state index >= 15 is 0 Å². The van der Waals surface area contributed by atoms with Gasteiger partial charge in [0.15, 0.2) is 0 Å². The number of ether oxygens (including phenoxy) is 3. The molecule has 2 amide bonds. The molecule has 0 bridgehead atoms. The number of anilines is 1. The van der Waals surface area contributed by atoms with Gasteiger partial charge in [-0.25, -0.2) is 9.59 Å². The fourth-order valence-corrected chi connectivity index (χ4v) is 4.90. The Kier molecular flexibility index (Phi) is 7.12. The summed E-state index contributed by atoms with van der Waals surface area (Å²) in [6.07, 6.45) is 0.0702. The van der Waals surface area contributed by atoms with Crippen LogP contribution in [0.1, 0.15) is 38.1 Å². The van der Waals surface area contributed by atoms with Gasteiger partial charge in [-0.2, -0.15) is 0 Å². The standard InChI is InChI=1S/C25H24N2O6S/c1-3-32-25(30)27-14-13-19-20(15-27)34-23(21(19)24(29)31-2)26-22(28)16-9-11-18(12-10-16)33-17-7-5-4-6-8-17/h4-12H,3,13-15H2,1-2H3,(H,26,28). The largest absolute Gasteiger partial charge is 0.465 e. The van der Waals surface area contributed by atoms with Crippen LogP contribution < -0.4 is 10.1 Å². The van der Waals surface area contributed by atoms with E-state index in [0.717, 1.165) is 10.4 Å². The van der Waals surface area contributed by atoms with Crippen molar-refractivity contribution in [3.63, 3.8) is 0 Å². The van der Waals surface area contributed by atoms with Gasteiger partial charge in [-0.1, -0.05) is 18.2 Å². The molecule has 1 N–H and O–H groups in total. The van der Waals surface area contributed by atoms with Gasteiger partial charge in [0, 0.05) is 17.0 Å². The Bertz CT molecular complexity index is 1190. The molecule has 2 heterocycles. The molecule has 8 nitrogen and oxygen atoms in total. The van der Waals surface area contributed by atoms with Crippen molar-refractivity contribution in [1.29, 1.82) is 0 Å². The Balaban J connectivity index is 1.52. The lowest BCUT2D eigenvalue weighted by Crippen LogP contribution is -2.36. The van der Waals surface area contributed by atoms with Gasteiger partial charge in [-0.15, -0.1) is 11.3 Å². The van der Waals surface area contributed by atoms with Gasteiger partial charge in [0.1, 0.15) is 16.5 Å². The van der Waals surface area contributed by atoms with E-state index < -0.39 is 12.1 Å². The molecule has 4 rings (SSSR count). The Hall–Kier alpha value is -3.85. The third-order valence-electron chi connectivity index (χ3n) is 5.29. The summed E-state index contributed by atoms with van der Waals surface area (Å²) in [4.78, 5) is 40.0. The zero-order chi connectivity index (χ0) is 24.1. The first-order valence-electron chi connectivity index (χ1n) is 10.8. The van der Waals surface area contributed by atoms with Crippen LogP contribution in [0.3, 0.4) is 0 Å². The zero-order valence-electron chi connectivity index (χ0n) is 18.8. The molecule has 1 aliphatic rings. The highest BCUT2D eigenvalue weighted by Crippen LogP contribution is 2.38. The predicted octanol–water partition coefficient (Wildman–Crippen LogP) is 5.09. The number of rotatable bonds is 6. The number of methoxy groups -OCH3 is 1. The highest BCUT2D eigenvalue weighted by atomic mass is 32.1. The van der Waals surface area contributed by atoms with E-state index in [1.165, 1.54) is 18.4 Å². The lowest BCUT2D eigenvalue weighted by atomic mass is 10.0. The van der Waals surface area contributed by atoms with Crippen molar-refractivity contribution >= 4 is 34.3 Å². The molecule has 34 heavy (non-hydrogen) atoms. The smallest absolute Gasteiger partial charge is 0.410 e. The van der Waals surface area contributed by atoms with Crippen LogP contribution in [0.5, 0.6) is 11.5 Å². The van der Waals surface area contributed by atoms with Crippen LogP contribution in [0, 0.1) is 0 Å².